The molecule has 1 aromatic heterocycles. The number of nitrogens with one attached hydrogen (secondary N) is 1. The van der Waals surface area contributed by atoms with Crippen molar-refractivity contribution in [1.82, 2.24) is 0 Å². The minimum absolute atomic E-state index is 0.183. The smallest absolute Gasteiger partial charge is 0.248 e. The van der Waals surface area contributed by atoms with Crippen LogP contribution in [0.3, 0.4) is 0 Å². The second-order valence-corrected chi connectivity index (χ2v) is 8.76. The molecule has 0 fully saturated rings. The molecule has 4 nitrogen and oxygen atoms in total. The molecule has 0 unspecified atom stereocenters. The SMILES string of the molecule is COc1cc2occ(-c3cccc(Br)c3)c2cc1/C(C)=C/C(=O)Nc1cc(C)ccc1C. The number of allylic oxidation sites excluding steroid dienone is 1. The first-order valence-electron chi connectivity index (χ1n) is 10.3. The van der Waals surface area contributed by atoms with Gasteiger partial charge in [0.2, 0.25) is 5.91 Å². The third kappa shape index (κ3) is 4.48. The number of anilines is 1. The number of fused-ring (bicyclic) bond motifs is 1. The second kappa shape index (κ2) is 9.05. The molecule has 4 rings (SSSR count). The number of hydrogen-bond donors (Lipinski definition) is 1. The van der Waals surface area contributed by atoms with Crippen LogP contribution in [-0.4, -0.2) is 13.0 Å². The maximum atomic E-state index is 12.7. The van der Waals surface area contributed by atoms with E-state index >= 15 is 0 Å². The Hall–Kier alpha value is -3.31. The van der Waals surface area contributed by atoms with E-state index in [1.54, 1.807) is 19.4 Å². The van der Waals surface area contributed by atoms with Gasteiger partial charge in [-0.05, 0) is 67.3 Å². The molecule has 0 bridgehead atoms. The molecule has 0 spiro atoms. The van der Waals surface area contributed by atoms with Gasteiger partial charge < -0.3 is 14.5 Å². The van der Waals surface area contributed by atoms with Gasteiger partial charge in [-0.25, -0.2) is 0 Å². The molecule has 0 aliphatic carbocycles. The number of methoxy groups -OCH3 is 1. The normalized spacial score (nSPS) is 11.6. The summed E-state index contributed by atoms with van der Waals surface area (Å²) in [5.74, 6) is 0.471. The lowest BCUT2D eigenvalue weighted by Crippen LogP contribution is -2.10. The van der Waals surface area contributed by atoms with Crippen molar-refractivity contribution in [2.75, 3.05) is 12.4 Å². The van der Waals surface area contributed by atoms with Crippen LogP contribution in [0.4, 0.5) is 5.69 Å². The highest BCUT2D eigenvalue weighted by molar-refractivity contribution is 9.10. The number of amides is 1. The predicted molar refractivity (Wildman–Crippen MR) is 134 cm³/mol. The van der Waals surface area contributed by atoms with Gasteiger partial charge in [0.15, 0.2) is 0 Å². The molecule has 32 heavy (non-hydrogen) atoms. The number of carbonyl (C=O) groups is 1. The monoisotopic (exact) mass is 489 g/mol. The average Bonchev–Trinajstić information content (AvgIpc) is 3.18. The number of halogens is 1. The third-order valence-electron chi connectivity index (χ3n) is 5.45. The minimum atomic E-state index is -0.183. The summed E-state index contributed by atoms with van der Waals surface area (Å²) in [7, 11) is 1.62. The van der Waals surface area contributed by atoms with Crippen molar-refractivity contribution in [3.63, 3.8) is 0 Å². The molecule has 1 heterocycles. The molecular formula is C27H24BrNO3. The van der Waals surface area contributed by atoms with E-state index in [9.17, 15) is 4.79 Å². The zero-order valence-corrected chi connectivity index (χ0v) is 20.0. The lowest BCUT2D eigenvalue weighted by Gasteiger charge is -2.11. The highest BCUT2D eigenvalue weighted by atomic mass is 79.9. The number of rotatable bonds is 5. The van der Waals surface area contributed by atoms with Gasteiger partial charge in [0.1, 0.15) is 11.3 Å². The molecule has 0 aliphatic rings. The van der Waals surface area contributed by atoms with Crippen molar-refractivity contribution in [3.05, 3.63) is 88.1 Å². The van der Waals surface area contributed by atoms with Gasteiger partial charge in [-0.15, -0.1) is 0 Å². The van der Waals surface area contributed by atoms with Gasteiger partial charge in [0.05, 0.1) is 13.4 Å². The van der Waals surface area contributed by atoms with Crippen molar-refractivity contribution < 1.29 is 13.9 Å². The van der Waals surface area contributed by atoms with Crippen molar-refractivity contribution >= 4 is 44.1 Å². The van der Waals surface area contributed by atoms with E-state index in [1.807, 2.05) is 69.3 Å². The van der Waals surface area contributed by atoms with Crippen LogP contribution < -0.4 is 10.1 Å². The van der Waals surface area contributed by atoms with E-state index in [2.05, 4.69) is 27.3 Å². The van der Waals surface area contributed by atoms with Crippen LogP contribution in [0.5, 0.6) is 5.75 Å². The van der Waals surface area contributed by atoms with Crippen LogP contribution in [0.2, 0.25) is 0 Å². The van der Waals surface area contributed by atoms with E-state index in [4.69, 9.17) is 9.15 Å². The molecule has 0 aliphatic heterocycles. The summed E-state index contributed by atoms with van der Waals surface area (Å²) in [4.78, 5) is 12.7. The largest absolute Gasteiger partial charge is 0.496 e. The van der Waals surface area contributed by atoms with Gasteiger partial charge >= 0.3 is 0 Å². The fourth-order valence-corrected chi connectivity index (χ4v) is 4.12. The zero-order chi connectivity index (χ0) is 22.8. The van der Waals surface area contributed by atoms with Gasteiger partial charge in [0.25, 0.3) is 0 Å². The summed E-state index contributed by atoms with van der Waals surface area (Å²) in [6.07, 6.45) is 3.35. The van der Waals surface area contributed by atoms with E-state index in [0.717, 1.165) is 54.5 Å². The Morgan fingerprint density at radius 3 is 2.66 bits per heavy atom. The standard InChI is InChI=1S/C27H24BrNO3/c1-16-8-9-17(2)24(10-16)29-27(30)11-18(3)21-13-22-23(19-6-5-7-20(28)12-19)15-32-26(22)14-25(21)31-4/h5-15H,1-4H3,(H,29,30)/b18-11+. The van der Waals surface area contributed by atoms with Gasteiger partial charge in [0, 0.05) is 38.8 Å². The third-order valence-corrected chi connectivity index (χ3v) is 5.95. The number of furan rings is 1. The summed E-state index contributed by atoms with van der Waals surface area (Å²) in [5.41, 5.74) is 7.33. The van der Waals surface area contributed by atoms with Crippen LogP contribution in [-0.2, 0) is 4.79 Å². The Morgan fingerprint density at radius 2 is 1.91 bits per heavy atom. The second-order valence-electron chi connectivity index (χ2n) is 7.84. The summed E-state index contributed by atoms with van der Waals surface area (Å²) >= 11 is 3.53. The zero-order valence-electron chi connectivity index (χ0n) is 18.5. The maximum Gasteiger partial charge on any atom is 0.248 e. The average molecular weight is 490 g/mol. The Kier molecular flexibility index (Phi) is 6.19. The Morgan fingerprint density at radius 1 is 1.09 bits per heavy atom. The summed E-state index contributed by atoms with van der Waals surface area (Å²) in [6, 6.07) is 18.0. The molecule has 5 heteroatoms. The van der Waals surface area contributed by atoms with Crippen LogP contribution in [0, 0.1) is 13.8 Å². The summed E-state index contributed by atoms with van der Waals surface area (Å²) in [5, 5.41) is 3.94. The van der Waals surface area contributed by atoms with Crippen LogP contribution >= 0.6 is 15.9 Å². The molecule has 0 radical (unpaired) electrons. The molecule has 4 aromatic rings. The first kappa shape index (κ1) is 21.9. The molecule has 3 aromatic carbocycles. The molecular weight excluding hydrogens is 466 g/mol. The van der Waals surface area contributed by atoms with Crippen LogP contribution in [0.25, 0.3) is 27.7 Å². The highest BCUT2D eigenvalue weighted by Crippen LogP contribution is 2.38. The molecule has 1 N–H and O–H groups in total. The lowest BCUT2D eigenvalue weighted by atomic mass is 9.99. The van der Waals surface area contributed by atoms with Crippen molar-refractivity contribution in [3.8, 4) is 16.9 Å². The van der Waals surface area contributed by atoms with Crippen LogP contribution in [0.15, 0.2) is 75.8 Å². The van der Waals surface area contributed by atoms with Gasteiger partial charge in [-0.2, -0.15) is 0 Å². The minimum Gasteiger partial charge on any atom is -0.496 e. The molecule has 0 saturated heterocycles. The number of carbonyl (C=O) groups excluding carboxylic acids is 1. The van der Waals surface area contributed by atoms with Gasteiger partial charge in [-0.3, -0.25) is 4.79 Å². The first-order chi connectivity index (χ1) is 15.4. The highest BCUT2D eigenvalue weighted by Gasteiger charge is 2.15. The van der Waals surface area contributed by atoms with Crippen molar-refractivity contribution in [2.45, 2.75) is 20.8 Å². The Balaban J connectivity index is 1.72. The fourth-order valence-electron chi connectivity index (χ4n) is 3.73. The first-order valence-corrected chi connectivity index (χ1v) is 11.1. The quantitative estimate of drug-likeness (QED) is 0.294. The number of aryl methyl sites for hydroxylation is 2. The fraction of sp³-hybridized carbons (Fsp3) is 0.148. The van der Waals surface area contributed by atoms with Crippen LogP contribution in [0.1, 0.15) is 23.6 Å². The Bertz CT molecular complexity index is 1350. The molecule has 162 valence electrons. The summed E-state index contributed by atoms with van der Waals surface area (Å²) < 4.78 is 12.4. The van der Waals surface area contributed by atoms with Crippen molar-refractivity contribution in [2.24, 2.45) is 0 Å². The van der Waals surface area contributed by atoms with Crippen molar-refractivity contribution in [1.29, 1.82) is 0 Å². The maximum absolute atomic E-state index is 12.7. The number of benzene rings is 3. The van der Waals surface area contributed by atoms with E-state index in [1.165, 1.54) is 0 Å². The van der Waals surface area contributed by atoms with E-state index < -0.39 is 0 Å². The van der Waals surface area contributed by atoms with E-state index in [-0.39, 0.29) is 5.91 Å². The lowest BCUT2D eigenvalue weighted by molar-refractivity contribution is -0.111. The molecule has 1 amide bonds. The predicted octanol–water partition coefficient (Wildman–Crippen LogP) is 7.53. The number of hydrogen-bond acceptors (Lipinski definition) is 3. The van der Waals surface area contributed by atoms with Gasteiger partial charge in [-0.1, -0.05) is 40.2 Å². The topological polar surface area (TPSA) is 51.5 Å². The molecule has 0 saturated carbocycles. The molecule has 0 atom stereocenters. The summed E-state index contributed by atoms with van der Waals surface area (Å²) in [6.45, 7) is 5.89. The number of ether oxygens (including phenoxy) is 1. The van der Waals surface area contributed by atoms with E-state index in [0.29, 0.717) is 5.75 Å². The Labute approximate surface area is 196 Å².